The van der Waals surface area contributed by atoms with Crippen LogP contribution in [0.15, 0.2) is 0 Å². The molecule has 0 aromatic carbocycles. The maximum absolute atomic E-state index is 10.9. The van der Waals surface area contributed by atoms with Gasteiger partial charge in [0.25, 0.3) is 0 Å². The Morgan fingerprint density at radius 3 is 2.60 bits per heavy atom. The second-order valence-electron chi connectivity index (χ2n) is 6.00. The van der Waals surface area contributed by atoms with Crippen LogP contribution < -0.4 is 0 Å². The van der Waals surface area contributed by atoms with E-state index < -0.39 is 5.60 Å². The van der Waals surface area contributed by atoms with Gasteiger partial charge in [-0.15, -0.1) is 0 Å². The molecule has 2 aliphatic rings. The molecule has 0 amide bonds. The summed E-state index contributed by atoms with van der Waals surface area (Å²) in [5.41, 5.74) is -0.550. The highest BCUT2D eigenvalue weighted by molar-refractivity contribution is 5.17. The van der Waals surface area contributed by atoms with Crippen molar-refractivity contribution < 1.29 is 5.11 Å². The Hall–Kier alpha value is -0.550. The van der Waals surface area contributed by atoms with Crippen LogP contribution in [0.4, 0.5) is 0 Å². The average molecular weight is 207 g/mol. The molecule has 2 rings (SSSR count). The zero-order valence-electron chi connectivity index (χ0n) is 9.95. The van der Waals surface area contributed by atoms with E-state index in [1.165, 1.54) is 0 Å². The molecule has 2 fully saturated rings. The summed E-state index contributed by atoms with van der Waals surface area (Å²) in [6, 6.07) is 2.35. The van der Waals surface area contributed by atoms with Crippen molar-refractivity contribution in [3.8, 4) is 6.07 Å². The summed E-state index contributed by atoms with van der Waals surface area (Å²) in [5.74, 6) is 0.526. The molecule has 2 aliphatic carbocycles. The van der Waals surface area contributed by atoms with E-state index in [1.807, 2.05) is 0 Å². The minimum atomic E-state index is -0.688. The fourth-order valence-corrected chi connectivity index (χ4v) is 4.17. The molecule has 0 aromatic heterocycles. The Morgan fingerprint density at radius 1 is 1.40 bits per heavy atom. The van der Waals surface area contributed by atoms with E-state index in [0.717, 1.165) is 25.7 Å². The third kappa shape index (κ3) is 1.26. The number of fused-ring (bicyclic) bond motifs is 1. The van der Waals surface area contributed by atoms with Crippen molar-refractivity contribution in [2.45, 2.75) is 52.1 Å². The van der Waals surface area contributed by atoms with Gasteiger partial charge in [-0.1, -0.05) is 27.2 Å². The molecule has 0 radical (unpaired) electrons. The molecule has 0 heterocycles. The van der Waals surface area contributed by atoms with Crippen molar-refractivity contribution in [1.29, 1.82) is 5.26 Å². The number of hydrogen-bond acceptors (Lipinski definition) is 2. The maximum Gasteiger partial charge on any atom is 0.0866 e. The minimum Gasteiger partial charge on any atom is -0.388 e. The van der Waals surface area contributed by atoms with Gasteiger partial charge in [0, 0.05) is 0 Å². The number of rotatable bonds is 1. The fraction of sp³-hybridized carbons (Fsp3) is 0.923. The van der Waals surface area contributed by atoms with Crippen LogP contribution in [-0.2, 0) is 0 Å². The molecule has 0 bridgehead atoms. The lowest BCUT2D eigenvalue weighted by molar-refractivity contribution is -0.0531. The Morgan fingerprint density at radius 2 is 2.07 bits per heavy atom. The molecule has 4 atom stereocenters. The van der Waals surface area contributed by atoms with Gasteiger partial charge < -0.3 is 5.11 Å². The summed E-state index contributed by atoms with van der Waals surface area (Å²) >= 11 is 0. The highest BCUT2D eigenvalue weighted by Crippen LogP contribution is 2.62. The van der Waals surface area contributed by atoms with Crippen molar-refractivity contribution in [2.75, 3.05) is 0 Å². The molecule has 0 unspecified atom stereocenters. The largest absolute Gasteiger partial charge is 0.388 e. The first-order valence-corrected chi connectivity index (χ1v) is 6.08. The van der Waals surface area contributed by atoms with Gasteiger partial charge >= 0.3 is 0 Å². The van der Waals surface area contributed by atoms with E-state index in [0.29, 0.717) is 11.8 Å². The molecular weight excluding hydrogens is 186 g/mol. The van der Waals surface area contributed by atoms with Crippen molar-refractivity contribution in [3.05, 3.63) is 0 Å². The van der Waals surface area contributed by atoms with Crippen LogP contribution >= 0.6 is 0 Å². The lowest BCUT2D eigenvalue weighted by Gasteiger charge is -2.34. The van der Waals surface area contributed by atoms with Gasteiger partial charge in [-0.25, -0.2) is 0 Å². The van der Waals surface area contributed by atoms with Crippen LogP contribution in [-0.4, -0.2) is 10.7 Å². The van der Waals surface area contributed by atoms with Crippen molar-refractivity contribution in [2.24, 2.45) is 23.2 Å². The predicted octanol–water partition coefficient (Wildman–Crippen LogP) is 2.72. The van der Waals surface area contributed by atoms with E-state index >= 15 is 0 Å². The topological polar surface area (TPSA) is 44.0 Å². The molecule has 0 aromatic rings. The summed E-state index contributed by atoms with van der Waals surface area (Å²) in [7, 11) is 0. The fourth-order valence-electron chi connectivity index (χ4n) is 4.17. The van der Waals surface area contributed by atoms with E-state index in [-0.39, 0.29) is 11.3 Å². The molecule has 0 saturated heterocycles. The monoisotopic (exact) mass is 207 g/mol. The maximum atomic E-state index is 10.9. The van der Waals surface area contributed by atoms with Crippen LogP contribution in [0.2, 0.25) is 0 Å². The van der Waals surface area contributed by atoms with Crippen LogP contribution in [0.5, 0.6) is 0 Å². The molecule has 1 N–H and O–H groups in total. The van der Waals surface area contributed by atoms with Crippen LogP contribution in [0.25, 0.3) is 0 Å². The average Bonchev–Trinajstić information content (AvgIpc) is 2.61. The zero-order valence-corrected chi connectivity index (χ0v) is 9.95. The Labute approximate surface area is 92.3 Å². The van der Waals surface area contributed by atoms with Gasteiger partial charge in [0.05, 0.1) is 17.6 Å². The van der Waals surface area contributed by atoms with Gasteiger partial charge in [0.15, 0.2) is 0 Å². The lowest BCUT2D eigenvalue weighted by Crippen LogP contribution is -2.43. The SMILES string of the molecule is CC[C@@H]1CC[C@H]2C(C)(C)C[C@H](C#N)[C@@]12O. The lowest BCUT2D eigenvalue weighted by atomic mass is 9.75. The highest BCUT2D eigenvalue weighted by atomic mass is 16.3. The molecule has 0 aliphatic heterocycles. The third-order valence-corrected chi connectivity index (χ3v) is 4.90. The number of nitriles is 1. The summed E-state index contributed by atoms with van der Waals surface area (Å²) in [6.07, 6.45) is 4.06. The van der Waals surface area contributed by atoms with E-state index in [2.05, 4.69) is 26.8 Å². The van der Waals surface area contributed by atoms with Gasteiger partial charge in [-0.2, -0.15) is 5.26 Å². The van der Waals surface area contributed by atoms with Gasteiger partial charge in [0.2, 0.25) is 0 Å². The van der Waals surface area contributed by atoms with E-state index in [1.54, 1.807) is 0 Å². The first kappa shape index (κ1) is 11.0. The van der Waals surface area contributed by atoms with Crippen molar-refractivity contribution in [3.63, 3.8) is 0 Å². The number of aliphatic hydroxyl groups is 1. The van der Waals surface area contributed by atoms with Gasteiger partial charge in [-0.3, -0.25) is 0 Å². The molecule has 2 nitrogen and oxygen atoms in total. The van der Waals surface area contributed by atoms with Gasteiger partial charge in [0.1, 0.15) is 0 Å². The normalized spacial score (nSPS) is 47.5. The molecular formula is C13H21NO. The van der Waals surface area contributed by atoms with Crippen LogP contribution in [0, 0.1) is 34.5 Å². The predicted molar refractivity (Wildman–Crippen MR) is 59.0 cm³/mol. The minimum absolute atomic E-state index is 0.138. The van der Waals surface area contributed by atoms with Crippen LogP contribution in [0.3, 0.4) is 0 Å². The third-order valence-electron chi connectivity index (χ3n) is 4.90. The summed E-state index contributed by atoms with van der Waals surface area (Å²) in [5, 5.41) is 20.1. The van der Waals surface area contributed by atoms with E-state index in [9.17, 15) is 10.4 Å². The molecule has 2 saturated carbocycles. The second-order valence-corrected chi connectivity index (χ2v) is 6.00. The molecule has 15 heavy (non-hydrogen) atoms. The Bertz CT molecular complexity index is 304. The highest BCUT2D eigenvalue weighted by Gasteiger charge is 2.63. The number of nitrogens with zero attached hydrogens (tertiary/aromatic N) is 1. The second kappa shape index (κ2) is 3.22. The van der Waals surface area contributed by atoms with Crippen molar-refractivity contribution >= 4 is 0 Å². The summed E-state index contributed by atoms with van der Waals surface area (Å²) < 4.78 is 0. The summed E-state index contributed by atoms with van der Waals surface area (Å²) in [6.45, 7) is 6.54. The van der Waals surface area contributed by atoms with Crippen molar-refractivity contribution in [1.82, 2.24) is 0 Å². The Kier molecular flexibility index (Phi) is 2.35. The summed E-state index contributed by atoms with van der Waals surface area (Å²) in [4.78, 5) is 0. The first-order valence-electron chi connectivity index (χ1n) is 6.08. The standard InChI is InChI=1S/C13H21NO/c1-4-9-5-6-11-12(2,3)7-10(8-14)13(9,11)15/h9-11,15H,4-7H2,1-3H3/t9-,10-,11+,13+/m1/s1. The quantitative estimate of drug-likeness (QED) is 0.718. The van der Waals surface area contributed by atoms with Gasteiger partial charge in [-0.05, 0) is 36.5 Å². The first-order chi connectivity index (χ1) is 6.96. The molecule has 84 valence electrons. The van der Waals surface area contributed by atoms with Crippen LogP contribution in [0.1, 0.15) is 46.5 Å². The molecule has 2 heteroatoms. The number of hydrogen-bond donors (Lipinski definition) is 1. The molecule has 0 spiro atoms. The smallest absolute Gasteiger partial charge is 0.0866 e. The Balaban J connectivity index is 2.39. The zero-order chi connectivity index (χ0) is 11.3. The van der Waals surface area contributed by atoms with E-state index in [4.69, 9.17) is 0 Å².